The van der Waals surface area contributed by atoms with Gasteiger partial charge in [0.25, 0.3) is 0 Å². The normalized spacial score (nSPS) is 15.8. The van der Waals surface area contributed by atoms with Crippen molar-refractivity contribution in [2.75, 3.05) is 0 Å². The summed E-state index contributed by atoms with van der Waals surface area (Å²) < 4.78 is 2.51. The van der Waals surface area contributed by atoms with E-state index in [2.05, 4.69) is 109 Å². The molecule has 0 unspecified atom stereocenters. The Hall–Kier alpha value is -0.980. The van der Waals surface area contributed by atoms with Crippen LogP contribution < -0.4 is 0 Å². The number of allylic oxidation sites excluding steroid dienone is 4. The number of benzene rings is 2. The van der Waals surface area contributed by atoms with E-state index in [-0.39, 0.29) is 16.3 Å². The molecule has 0 aliphatic heterocycles. The van der Waals surface area contributed by atoms with Crippen LogP contribution in [0.1, 0.15) is 73.8 Å². The molecule has 2 aliphatic rings. The van der Waals surface area contributed by atoms with Gasteiger partial charge in [-0.05, 0) is 0 Å². The second kappa shape index (κ2) is 7.86. The standard InChI is InChI=1S/C21H25.C5H5.C2H6Si.Zr/c1-20(2,3)16-7-9-18-14(12-16)11-15-13-17(21(4,5)6)8-10-19(15)18;1-2-4-5-3-1;1-3-2;/h7-13H,1-6H3;1-3H,4H2;1-2H3;. The van der Waals surface area contributed by atoms with Crippen molar-refractivity contribution in [3.05, 3.63) is 80.2 Å². The first kappa shape index (κ1) is 22.2. The molecule has 0 bridgehead atoms. The third-order valence-electron chi connectivity index (χ3n) is 6.69. The fourth-order valence-corrected chi connectivity index (χ4v) is 23.2. The van der Waals surface area contributed by atoms with Crippen molar-refractivity contribution in [3.63, 3.8) is 0 Å². The molecule has 0 amide bonds. The van der Waals surface area contributed by atoms with Crippen molar-refractivity contribution in [3.8, 4) is 11.1 Å². The van der Waals surface area contributed by atoms with Crippen LogP contribution in [0.25, 0.3) is 11.1 Å². The van der Waals surface area contributed by atoms with Gasteiger partial charge in [-0.3, -0.25) is 0 Å². The summed E-state index contributed by atoms with van der Waals surface area (Å²) in [6, 6.07) is 14.8. The van der Waals surface area contributed by atoms with Crippen LogP contribution in [0.4, 0.5) is 0 Å². The number of hydrogen-bond donors (Lipinski definition) is 0. The average Bonchev–Trinajstić information content (AvgIpc) is 3.27. The Bertz CT molecular complexity index is 1030. The molecule has 30 heavy (non-hydrogen) atoms. The van der Waals surface area contributed by atoms with Crippen molar-refractivity contribution in [2.24, 2.45) is 0 Å². The topological polar surface area (TPSA) is 0 Å². The second-order valence-corrected chi connectivity index (χ2v) is 28.9. The van der Waals surface area contributed by atoms with Gasteiger partial charge < -0.3 is 0 Å². The SMILES string of the molecule is C[Si](C)=[Zr]([C]1=CC=CC1)[CH]1c2cc(C(C)(C)C)ccc2-c2ccc(C(C)(C)C)cc21. The third-order valence-corrected chi connectivity index (χ3v) is 24.9. The number of rotatable bonds is 2. The first-order valence-electron chi connectivity index (χ1n) is 11.3. The van der Waals surface area contributed by atoms with E-state index in [1.807, 2.05) is 3.28 Å². The van der Waals surface area contributed by atoms with Crippen molar-refractivity contribution in [1.82, 2.24) is 0 Å². The fourth-order valence-electron chi connectivity index (χ4n) is 4.95. The van der Waals surface area contributed by atoms with Crippen LogP contribution in [0.2, 0.25) is 13.1 Å². The summed E-state index contributed by atoms with van der Waals surface area (Å²) in [5, 5.41) is 0. The van der Waals surface area contributed by atoms with E-state index < -0.39 is 20.4 Å². The molecule has 4 rings (SSSR count). The third kappa shape index (κ3) is 3.95. The fraction of sp³-hybridized carbons (Fsp3) is 0.429. The quantitative estimate of drug-likeness (QED) is 0.373. The minimum absolute atomic E-state index is 0.189. The minimum atomic E-state index is -1.87. The molecule has 2 aromatic rings. The molecule has 0 N–H and O–H groups in total. The van der Waals surface area contributed by atoms with Gasteiger partial charge in [0.1, 0.15) is 0 Å². The van der Waals surface area contributed by atoms with Crippen LogP contribution in [0.15, 0.2) is 57.9 Å². The maximum atomic E-state index is 2.59. The predicted octanol–water partition coefficient (Wildman–Crippen LogP) is 8.06. The zero-order chi connectivity index (χ0) is 21.8. The van der Waals surface area contributed by atoms with E-state index in [4.69, 9.17) is 0 Å². The number of fused-ring (bicyclic) bond motifs is 3. The van der Waals surface area contributed by atoms with Crippen LogP contribution in [0.3, 0.4) is 0 Å². The molecular weight excluding hydrogens is 456 g/mol. The van der Waals surface area contributed by atoms with E-state index in [9.17, 15) is 0 Å². The van der Waals surface area contributed by atoms with Crippen LogP contribution >= 0.6 is 0 Å². The molecule has 0 aromatic heterocycles. The maximum absolute atomic E-state index is 2.59. The molecule has 0 fully saturated rings. The molecule has 0 saturated heterocycles. The van der Waals surface area contributed by atoms with E-state index >= 15 is 0 Å². The van der Waals surface area contributed by atoms with Gasteiger partial charge in [-0.25, -0.2) is 0 Å². The van der Waals surface area contributed by atoms with Crippen molar-refractivity contribution >= 4 is 5.43 Å². The Morgan fingerprint density at radius 3 is 1.67 bits per heavy atom. The molecule has 2 aliphatic carbocycles. The zero-order valence-corrected chi connectivity index (χ0v) is 23.4. The van der Waals surface area contributed by atoms with Crippen LogP contribution in [-0.2, 0) is 31.2 Å². The summed E-state index contributed by atoms with van der Waals surface area (Å²) in [6.45, 7) is 19.3. The second-order valence-electron chi connectivity index (χ2n) is 11.3. The van der Waals surface area contributed by atoms with Crippen molar-refractivity contribution in [2.45, 2.75) is 75.5 Å². The molecule has 0 nitrogen and oxygen atoms in total. The summed E-state index contributed by atoms with van der Waals surface area (Å²) in [6.07, 6.45) is 8.40. The summed E-state index contributed by atoms with van der Waals surface area (Å²) in [5.41, 5.74) is 9.34. The van der Waals surface area contributed by atoms with Gasteiger partial charge in [0, 0.05) is 0 Å². The molecular formula is C28H36SiZr. The van der Waals surface area contributed by atoms with Gasteiger partial charge in [0.2, 0.25) is 0 Å². The summed E-state index contributed by atoms with van der Waals surface area (Å²) >= 11 is -1.87. The van der Waals surface area contributed by atoms with E-state index in [0.29, 0.717) is 3.63 Å². The zero-order valence-electron chi connectivity index (χ0n) is 20.0. The van der Waals surface area contributed by atoms with Gasteiger partial charge in [0.05, 0.1) is 0 Å². The Kier molecular flexibility index (Phi) is 5.82. The summed E-state index contributed by atoms with van der Waals surface area (Å²) in [5.74, 6) is 0. The molecule has 0 spiro atoms. The van der Waals surface area contributed by atoms with Gasteiger partial charge >= 0.3 is 193 Å². The monoisotopic (exact) mass is 490 g/mol. The molecule has 0 heterocycles. The Morgan fingerprint density at radius 1 is 0.800 bits per heavy atom. The molecule has 0 saturated carbocycles. The van der Waals surface area contributed by atoms with E-state index in [1.54, 1.807) is 11.1 Å². The summed E-state index contributed by atoms with van der Waals surface area (Å²) in [4.78, 5) is 0. The molecule has 2 heteroatoms. The van der Waals surface area contributed by atoms with Gasteiger partial charge in [-0.15, -0.1) is 0 Å². The van der Waals surface area contributed by atoms with E-state index in [0.717, 1.165) is 0 Å². The van der Waals surface area contributed by atoms with Crippen LogP contribution in [-0.4, -0.2) is 5.43 Å². The molecule has 0 atom stereocenters. The molecule has 0 radical (unpaired) electrons. The summed E-state index contributed by atoms with van der Waals surface area (Å²) in [7, 11) is 0. The number of hydrogen-bond acceptors (Lipinski definition) is 0. The average molecular weight is 492 g/mol. The van der Waals surface area contributed by atoms with Crippen molar-refractivity contribution < 1.29 is 20.4 Å². The van der Waals surface area contributed by atoms with Gasteiger partial charge in [-0.1, -0.05) is 0 Å². The first-order chi connectivity index (χ1) is 14.0. The van der Waals surface area contributed by atoms with E-state index in [1.165, 1.54) is 28.7 Å². The van der Waals surface area contributed by atoms with Gasteiger partial charge in [-0.2, -0.15) is 0 Å². The first-order valence-corrected chi connectivity index (χ1v) is 20.1. The Labute approximate surface area is 191 Å². The Balaban J connectivity index is 2.00. The molecule has 2 aromatic carbocycles. The van der Waals surface area contributed by atoms with Crippen molar-refractivity contribution in [1.29, 1.82) is 0 Å². The van der Waals surface area contributed by atoms with Crippen LogP contribution in [0, 0.1) is 0 Å². The molecule has 156 valence electrons. The van der Waals surface area contributed by atoms with Crippen LogP contribution in [0.5, 0.6) is 0 Å². The Morgan fingerprint density at radius 2 is 1.30 bits per heavy atom. The van der Waals surface area contributed by atoms with Gasteiger partial charge in [0.15, 0.2) is 0 Å². The predicted molar refractivity (Wildman–Crippen MR) is 130 cm³/mol.